The van der Waals surface area contributed by atoms with Crippen LogP contribution in [0.3, 0.4) is 0 Å². The summed E-state index contributed by atoms with van der Waals surface area (Å²) < 4.78 is 0. The summed E-state index contributed by atoms with van der Waals surface area (Å²) >= 11 is 0. The number of para-hydroxylation sites is 1. The Labute approximate surface area is 166 Å². The van der Waals surface area contributed by atoms with Gasteiger partial charge in [0.05, 0.1) is 6.54 Å². The Morgan fingerprint density at radius 2 is 1.68 bits per heavy atom. The highest BCUT2D eigenvalue weighted by molar-refractivity contribution is 5.93. The van der Waals surface area contributed by atoms with Gasteiger partial charge in [0, 0.05) is 37.8 Å². The number of amides is 3. The van der Waals surface area contributed by atoms with Crippen molar-refractivity contribution in [3.63, 3.8) is 0 Å². The van der Waals surface area contributed by atoms with E-state index in [1.165, 1.54) is 0 Å². The van der Waals surface area contributed by atoms with Crippen LogP contribution in [0.5, 0.6) is 0 Å². The molecule has 2 fully saturated rings. The van der Waals surface area contributed by atoms with Gasteiger partial charge in [-0.3, -0.25) is 19.3 Å². The third-order valence-corrected chi connectivity index (χ3v) is 5.47. The minimum Gasteiger partial charge on any atom is -0.344 e. The molecule has 0 aromatic heterocycles. The van der Waals surface area contributed by atoms with E-state index in [4.69, 9.17) is 0 Å². The van der Waals surface area contributed by atoms with Gasteiger partial charge in [0.1, 0.15) is 6.04 Å². The molecule has 0 spiro atoms. The minimum atomic E-state index is -0.494. The van der Waals surface area contributed by atoms with E-state index in [2.05, 4.69) is 15.5 Å². The van der Waals surface area contributed by atoms with Crippen LogP contribution >= 0.6 is 0 Å². The number of carbonyl (C=O) groups excluding carboxylic acids is 3. The van der Waals surface area contributed by atoms with Gasteiger partial charge in [-0.25, -0.2) is 0 Å². The van der Waals surface area contributed by atoms with Crippen molar-refractivity contribution in [2.75, 3.05) is 38.0 Å². The second-order valence-electron chi connectivity index (χ2n) is 7.92. The van der Waals surface area contributed by atoms with Gasteiger partial charge in [-0.2, -0.15) is 0 Å². The second-order valence-corrected chi connectivity index (χ2v) is 7.92. The smallest absolute Gasteiger partial charge is 0.244 e. The number of nitrogens with zero attached hydrogens (tertiary/aromatic N) is 2. The zero-order chi connectivity index (χ0) is 20.3. The van der Waals surface area contributed by atoms with Gasteiger partial charge in [-0.05, 0) is 44.7 Å². The Balaban J connectivity index is 1.44. The van der Waals surface area contributed by atoms with Crippen LogP contribution in [-0.2, 0) is 14.4 Å². The van der Waals surface area contributed by atoms with E-state index in [1.54, 1.807) is 11.8 Å². The zero-order valence-electron chi connectivity index (χ0n) is 17.0. The van der Waals surface area contributed by atoms with E-state index in [-0.39, 0.29) is 23.6 Å². The maximum absolute atomic E-state index is 12.5. The van der Waals surface area contributed by atoms with Crippen LogP contribution < -0.4 is 10.6 Å². The monoisotopic (exact) mass is 386 g/mol. The molecule has 2 N–H and O–H groups in total. The number of carbonyl (C=O) groups is 3. The van der Waals surface area contributed by atoms with Gasteiger partial charge < -0.3 is 15.5 Å². The average molecular weight is 386 g/mol. The number of rotatable bonds is 6. The normalized spacial score (nSPS) is 18.5. The SMILES string of the molecule is Cc1cccc(C)c1NC(=O)CN1CCN(C(=O)C(C)NC(=O)C2CC2)CC1. The average Bonchev–Trinajstić information content (AvgIpc) is 3.50. The number of hydrogen-bond acceptors (Lipinski definition) is 4. The summed E-state index contributed by atoms with van der Waals surface area (Å²) in [6.45, 7) is 8.45. The molecule has 1 saturated carbocycles. The summed E-state index contributed by atoms with van der Waals surface area (Å²) in [6, 6.07) is 5.45. The molecular weight excluding hydrogens is 356 g/mol. The Bertz CT molecular complexity index is 732. The maximum Gasteiger partial charge on any atom is 0.244 e. The van der Waals surface area contributed by atoms with Crippen molar-refractivity contribution < 1.29 is 14.4 Å². The predicted molar refractivity (Wildman–Crippen MR) is 108 cm³/mol. The molecule has 152 valence electrons. The highest BCUT2D eigenvalue weighted by Crippen LogP contribution is 2.28. The quantitative estimate of drug-likeness (QED) is 0.772. The van der Waals surface area contributed by atoms with Crippen LogP contribution in [0.2, 0.25) is 0 Å². The van der Waals surface area contributed by atoms with E-state index < -0.39 is 6.04 Å². The standard InChI is InChI=1S/C21H30N4O3/c1-14-5-4-6-15(2)19(14)23-18(26)13-24-9-11-25(12-10-24)21(28)16(3)22-20(27)17-7-8-17/h4-6,16-17H,7-13H2,1-3H3,(H,22,27)(H,23,26). The molecule has 1 aliphatic heterocycles. The van der Waals surface area contributed by atoms with Gasteiger partial charge in [0.2, 0.25) is 17.7 Å². The molecule has 3 amide bonds. The lowest BCUT2D eigenvalue weighted by Crippen LogP contribution is -2.55. The first kappa shape index (κ1) is 20.3. The first-order valence-corrected chi connectivity index (χ1v) is 10.0. The topological polar surface area (TPSA) is 81.8 Å². The van der Waals surface area contributed by atoms with Crippen molar-refractivity contribution in [2.24, 2.45) is 5.92 Å². The van der Waals surface area contributed by atoms with Gasteiger partial charge in [0.25, 0.3) is 0 Å². The van der Waals surface area contributed by atoms with Crippen molar-refractivity contribution in [3.8, 4) is 0 Å². The lowest BCUT2D eigenvalue weighted by atomic mass is 10.1. The van der Waals surface area contributed by atoms with Crippen LogP contribution in [-0.4, -0.2) is 66.3 Å². The fraction of sp³-hybridized carbons (Fsp3) is 0.571. The van der Waals surface area contributed by atoms with Gasteiger partial charge in [-0.1, -0.05) is 18.2 Å². The fourth-order valence-electron chi connectivity index (χ4n) is 3.53. The molecule has 7 nitrogen and oxygen atoms in total. The number of anilines is 1. The molecule has 0 radical (unpaired) electrons. The molecule has 2 aliphatic rings. The second kappa shape index (κ2) is 8.73. The van der Waals surface area contributed by atoms with Crippen molar-refractivity contribution in [1.82, 2.24) is 15.1 Å². The largest absolute Gasteiger partial charge is 0.344 e. The highest BCUT2D eigenvalue weighted by atomic mass is 16.2. The molecule has 1 atom stereocenters. The number of nitrogens with one attached hydrogen (secondary N) is 2. The highest BCUT2D eigenvalue weighted by Gasteiger charge is 2.33. The van der Waals surface area contributed by atoms with Crippen LogP contribution in [0.25, 0.3) is 0 Å². The first-order valence-electron chi connectivity index (χ1n) is 10.0. The van der Waals surface area contributed by atoms with Crippen molar-refractivity contribution >= 4 is 23.4 Å². The molecule has 1 heterocycles. The van der Waals surface area contributed by atoms with Gasteiger partial charge >= 0.3 is 0 Å². The van der Waals surface area contributed by atoms with Crippen LogP contribution in [0.1, 0.15) is 30.9 Å². The summed E-state index contributed by atoms with van der Waals surface area (Å²) in [5, 5.41) is 5.82. The molecule has 1 unspecified atom stereocenters. The molecule has 0 bridgehead atoms. The van der Waals surface area contributed by atoms with Crippen LogP contribution in [0, 0.1) is 19.8 Å². The molecule has 1 saturated heterocycles. The molecule has 28 heavy (non-hydrogen) atoms. The Kier molecular flexibility index (Phi) is 6.34. The van der Waals surface area contributed by atoms with Crippen LogP contribution in [0.15, 0.2) is 18.2 Å². The Morgan fingerprint density at radius 3 is 2.25 bits per heavy atom. The predicted octanol–water partition coefficient (Wildman–Crippen LogP) is 1.30. The summed E-state index contributed by atoms with van der Waals surface area (Å²) in [5.74, 6) is 0.000955. The van der Waals surface area contributed by atoms with Gasteiger partial charge in [-0.15, -0.1) is 0 Å². The molecule has 1 aliphatic carbocycles. The van der Waals surface area contributed by atoms with E-state index in [9.17, 15) is 14.4 Å². The molecule has 1 aromatic rings. The zero-order valence-corrected chi connectivity index (χ0v) is 17.0. The third-order valence-electron chi connectivity index (χ3n) is 5.47. The minimum absolute atomic E-state index is 0.0114. The molecule has 7 heteroatoms. The van der Waals surface area contributed by atoms with E-state index >= 15 is 0 Å². The number of hydrogen-bond donors (Lipinski definition) is 2. The number of benzene rings is 1. The summed E-state index contributed by atoms with van der Waals surface area (Å²) in [7, 11) is 0. The fourth-order valence-corrected chi connectivity index (χ4v) is 3.53. The van der Waals surface area contributed by atoms with E-state index in [0.29, 0.717) is 32.7 Å². The molecule has 3 rings (SSSR count). The van der Waals surface area contributed by atoms with Crippen molar-refractivity contribution in [2.45, 2.75) is 39.7 Å². The first-order chi connectivity index (χ1) is 13.3. The van der Waals surface area contributed by atoms with E-state index in [0.717, 1.165) is 29.7 Å². The lowest BCUT2D eigenvalue weighted by Gasteiger charge is -2.35. The Hall–Kier alpha value is -2.41. The van der Waals surface area contributed by atoms with Crippen LogP contribution in [0.4, 0.5) is 5.69 Å². The molecule has 1 aromatic carbocycles. The summed E-state index contributed by atoms with van der Waals surface area (Å²) in [6.07, 6.45) is 1.85. The number of aryl methyl sites for hydroxylation is 2. The maximum atomic E-state index is 12.5. The Morgan fingerprint density at radius 1 is 1.07 bits per heavy atom. The number of piperazine rings is 1. The third kappa shape index (κ3) is 5.10. The van der Waals surface area contributed by atoms with Crippen molar-refractivity contribution in [1.29, 1.82) is 0 Å². The van der Waals surface area contributed by atoms with Gasteiger partial charge in [0.15, 0.2) is 0 Å². The molecular formula is C21H30N4O3. The lowest BCUT2D eigenvalue weighted by molar-refractivity contribution is -0.137. The van der Waals surface area contributed by atoms with E-state index in [1.807, 2.05) is 32.0 Å². The van der Waals surface area contributed by atoms with Crippen molar-refractivity contribution in [3.05, 3.63) is 29.3 Å². The summed E-state index contributed by atoms with van der Waals surface area (Å²) in [5.41, 5.74) is 2.97. The summed E-state index contributed by atoms with van der Waals surface area (Å²) in [4.78, 5) is 40.6.